The normalized spacial score (nSPS) is 12.6. The fourth-order valence-corrected chi connectivity index (χ4v) is 6.48. The molecule has 0 bridgehead atoms. The van der Waals surface area contributed by atoms with E-state index in [1.165, 1.54) is 51.4 Å². The van der Waals surface area contributed by atoms with E-state index in [4.69, 9.17) is 14.2 Å². The summed E-state index contributed by atoms with van der Waals surface area (Å²) in [5.74, 6) is -1.01. The van der Waals surface area contributed by atoms with Gasteiger partial charge in [-0.25, -0.2) is 0 Å². The Bertz CT molecular complexity index is 1250. The topological polar surface area (TPSA) is 78.9 Å². The summed E-state index contributed by atoms with van der Waals surface area (Å²) in [6, 6.07) is 0. The average Bonchev–Trinajstić information content (AvgIpc) is 3.28. The Morgan fingerprint density at radius 2 is 0.619 bits per heavy atom. The van der Waals surface area contributed by atoms with Gasteiger partial charge < -0.3 is 14.2 Å². The second kappa shape index (κ2) is 50.7. The van der Waals surface area contributed by atoms with Crippen LogP contribution in [0.5, 0.6) is 0 Å². The van der Waals surface area contributed by atoms with Gasteiger partial charge in [-0.15, -0.1) is 0 Å². The van der Waals surface area contributed by atoms with Gasteiger partial charge in [-0.1, -0.05) is 182 Å². The third-order valence-corrected chi connectivity index (χ3v) is 10.2. The molecule has 0 rings (SSSR count). The van der Waals surface area contributed by atoms with Crippen LogP contribution < -0.4 is 0 Å². The Morgan fingerprint density at radius 1 is 0.333 bits per heavy atom. The number of hydrogen-bond acceptors (Lipinski definition) is 6. The van der Waals surface area contributed by atoms with Crippen LogP contribution in [0, 0.1) is 0 Å². The first-order valence-electron chi connectivity index (χ1n) is 25.4. The molecule has 63 heavy (non-hydrogen) atoms. The van der Waals surface area contributed by atoms with Crippen LogP contribution in [0.25, 0.3) is 0 Å². The van der Waals surface area contributed by atoms with Crippen molar-refractivity contribution in [3.05, 3.63) is 109 Å². The SMILES string of the molecule is CC/C=C\C/C=C\C/C=C\C/C=C\CCCCC(=O)OCC(COC(=O)CCCC/C=C\C/C=C\C/C=C\C/C=C\CC)OC(=O)CCCCCCC/C=C\CCCCCCCC. The van der Waals surface area contributed by atoms with Gasteiger partial charge in [-0.2, -0.15) is 0 Å². The monoisotopic (exact) mass is 873 g/mol. The number of carbonyl (C=O) groups is 3. The highest BCUT2D eigenvalue weighted by atomic mass is 16.6. The van der Waals surface area contributed by atoms with Crippen molar-refractivity contribution >= 4 is 17.9 Å². The molecule has 0 aliphatic heterocycles. The molecule has 0 spiro atoms. The molecule has 0 aromatic carbocycles. The summed E-state index contributed by atoms with van der Waals surface area (Å²) >= 11 is 0. The molecule has 0 atom stereocenters. The number of ether oxygens (including phenoxy) is 3. The smallest absolute Gasteiger partial charge is 0.306 e. The van der Waals surface area contributed by atoms with Gasteiger partial charge in [0.2, 0.25) is 0 Å². The quantitative estimate of drug-likeness (QED) is 0.0263. The van der Waals surface area contributed by atoms with Gasteiger partial charge in [0.15, 0.2) is 6.10 Å². The molecule has 0 fully saturated rings. The molecule has 0 N–H and O–H groups in total. The van der Waals surface area contributed by atoms with E-state index in [-0.39, 0.29) is 31.1 Å². The maximum atomic E-state index is 12.8. The van der Waals surface area contributed by atoms with Crippen LogP contribution in [0.4, 0.5) is 0 Å². The summed E-state index contributed by atoms with van der Waals surface area (Å²) < 4.78 is 16.7. The number of esters is 3. The standard InChI is InChI=1S/C57H92O6/c1-4-7-10-13-16-19-22-25-28-31-34-37-40-43-46-49-55(58)61-52-54(63-57(60)51-48-45-42-39-36-33-30-27-24-21-18-15-12-9-6-3)53-62-56(59)50-47-44-41-38-35-32-29-26-23-20-17-14-11-8-5-2/h7-8,10-11,16-17,19-20,25-30,34-35,37-38,54H,4-6,9,12-15,18,21-24,31-33,36,39-53H2,1-3H3/b10-7-,11-8-,19-16-,20-17-,28-25-,29-26-,30-27-,37-34-,38-35-. The number of allylic oxidation sites excluding steroid dienone is 18. The van der Waals surface area contributed by atoms with Gasteiger partial charge in [0, 0.05) is 19.3 Å². The van der Waals surface area contributed by atoms with Gasteiger partial charge >= 0.3 is 17.9 Å². The lowest BCUT2D eigenvalue weighted by atomic mass is 10.1. The average molecular weight is 873 g/mol. The second-order valence-electron chi connectivity index (χ2n) is 16.3. The van der Waals surface area contributed by atoms with Gasteiger partial charge in [0.05, 0.1) is 0 Å². The van der Waals surface area contributed by atoms with Gasteiger partial charge in [0.25, 0.3) is 0 Å². The predicted octanol–water partition coefficient (Wildman–Crippen LogP) is 16.8. The summed E-state index contributed by atoms with van der Waals surface area (Å²) in [4.78, 5) is 37.9. The van der Waals surface area contributed by atoms with Crippen LogP contribution >= 0.6 is 0 Å². The molecular formula is C57H92O6. The van der Waals surface area contributed by atoms with Crippen molar-refractivity contribution in [1.82, 2.24) is 0 Å². The first-order valence-corrected chi connectivity index (χ1v) is 25.4. The molecule has 0 heterocycles. The number of carbonyl (C=O) groups excluding carboxylic acids is 3. The molecule has 0 radical (unpaired) electrons. The maximum Gasteiger partial charge on any atom is 0.306 e. The zero-order valence-electron chi connectivity index (χ0n) is 40.5. The number of unbranched alkanes of at least 4 members (excludes halogenated alkanes) is 15. The molecule has 0 saturated heterocycles. The lowest BCUT2D eigenvalue weighted by molar-refractivity contribution is -0.167. The highest BCUT2D eigenvalue weighted by molar-refractivity contribution is 5.71. The summed E-state index contributed by atoms with van der Waals surface area (Å²) in [6.45, 7) is 6.31. The molecule has 0 saturated carbocycles. The molecule has 6 heteroatoms. The van der Waals surface area contributed by atoms with Crippen molar-refractivity contribution in [3.63, 3.8) is 0 Å². The summed E-state index contributed by atoms with van der Waals surface area (Å²) in [7, 11) is 0. The Hall–Kier alpha value is -3.93. The lowest BCUT2D eigenvalue weighted by Crippen LogP contribution is -2.30. The van der Waals surface area contributed by atoms with Crippen molar-refractivity contribution in [3.8, 4) is 0 Å². The minimum absolute atomic E-state index is 0.118. The lowest BCUT2D eigenvalue weighted by Gasteiger charge is -2.18. The fraction of sp³-hybridized carbons (Fsp3) is 0.632. The van der Waals surface area contributed by atoms with E-state index in [9.17, 15) is 14.4 Å². The highest BCUT2D eigenvalue weighted by Gasteiger charge is 2.19. The number of rotatable bonds is 44. The third kappa shape index (κ3) is 49.0. The Kier molecular flexibility index (Phi) is 47.5. The molecule has 0 aromatic heterocycles. The molecule has 6 nitrogen and oxygen atoms in total. The van der Waals surface area contributed by atoms with Gasteiger partial charge in [-0.05, 0) is 122 Å². The predicted molar refractivity (Wildman–Crippen MR) is 270 cm³/mol. The Labute approximate surface area is 387 Å². The minimum Gasteiger partial charge on any atom is -0.462 e. The minimum atomic E-state index is -0.817. The van der Waals surface area contributed by atoms with Crippen LogP contribution in [0.1, 0.15) is 213 Å². The summed E-state index contributed by atoms with van der Waals surface area (Å²) in [6.07, 6.45) is 67.9. The Morgan fingerprint density at radius 3 is 1.02 bits per heavy atom. The Balaban J connectivity index is 4.55. The molecular weight excluding hydrogens is 781 g/mol. The van der Waals surface area contributed by atoms with Crippen molar-refractivity contribution in [2.75, 3.05) is 13.2 Å². The van der Waals surface area contributed by atoms with Gasteiger partial charge in [0.1, 0.15) is 13.2 Å². The van der Waals surface area contributed by atoms with Gasteiger partial charge in [-0.3, -0.25) is 14.4 Å². The van der Waals surface area contributed by atoms with E-state index in [2.05, 4.69) is 130 Å². The van der Waals surface area contributed by atoms with Crippen LogP contribution in [0.15, 0.2) is 109 Å². The molecule has 356 valence electrons. The van der Waals surface area contributed by atoms with Crippen LogP contribution in [-0.2, 0) is 28.6 Å². The van der Waals surface area contributed by atoms with Crippen molar-refractivity contribution in [2.45, 2.75) is 219 Å². The van der Waals surface area contributed by atoms with E-state index in [0.29, 0.717) is 32.1 Å². The molecule has 0 unspecified atom stereocenters. The van der Waals surface area contributed by atoms with Crippen LogP contribution in [-0.4, -0.2) is 37.2 Å². The highest BCUT2D eigenvalue weighted by Crippen LogP contribution is 2.12. The molecule has 0 aliphatic rings. The largest absolute Gasteiger partial charge is 0.462 e. The van der Waals surface area contributed by atoms with E-state index in [1.54, 1.807) is 0 Å². The van der Waals surface area contributed by atoms with Crippen LogP contribution in [0.2, 0.25) is 0 Å². The first kappa shape index (κ1) is 59.1. The van der Waals surface area contributed by atoms with E-state index >= 15 is 0 Å². The molecule has 0 aromatic rings. The van der Waals surface area contributed by atoms with Crippen molar-refractivity contribution in [1.29, 1.82) is 0 Å². The van der Waals surface area contributed by atoms with E-state index < -0.39 is 6.10 Å². The third-order valence-electron chi connectivity index (χ3n) is 10.2. The van der Waals surface area contributed by atoms with E-state index in [0.717, 1.165) is 109 Å². The van der Waals surface area contributed by atoms with Crippen molar-refractivity contribution < 1.29 is 28.6 Å². The second-order valence-corrected chi connectivity index (χ2v) is 16.3. The molecule has 0 amide bonds. The fourth-order valence-electron chi connectivity index (χ4n) is 6.48. The first-order chi connectivity index (χ1) is 31.0. The van der Waals surface area contributed by atoms with Crippen LogP contribution in [0.3, 0.4) is 0 Å². The molecule has 0 aliphatic carbocycles. The number of hydrogen-bond donors (Lipinski definition) is 0. The van der Waals surface area contributed by atoms with Crippen molar-refractivity contribution in [2.24, 2.45) is 0 Å². The maximum absolute atomic E-state index is 12.8. The summed E-state index contributed by atoms with van der Waals surface area (Å²) in [5.41, 5.74) is 0. The zero-order chi connectivity index (χ0) is 45.8. The van der Waals surface area contributed by atoms with E-state index in [1.807, 2.05) is 0 Å². The zero-order valence-corrected chi connectivity index (χ0v) is 40.5. The summed E-state index contributed by atoms with van der Waals surface area (Å²) in [5, 5.41) is 0.